The fraction of sp³-hybridized carbons (Fsp3) is 0.160. The van der Waals surface area contributed by atoms with E-state index in [2.05, 4.69) is 4.99 Å². The molecule has 3 aromatic heterocycles. The molecule has 0 saturated carbocycles. The first kappa shape index (κ1) is 22.0. The Hall–Kier alpha value is -2.84. The third-order valence-electron chi connectivity index (χ3n) is 5.23. The van der Waals surface area contributed by atoms with Crippen LogP contribution >= 0.6 is 34.3 Å². The highest BCUT2D eigenvalue weighted by Crippen LogP contribution is 2.28. The van der Waals surface area contributed by atoms with Crippen LogP contribution in [0.25, 0.3) is 31.7 Å². The number of aromatic nitrogens is 2. The van der Waals surface area contributed by atoms with Crippen molar-refractivity contribution >= 4 is 61.3 Å². The molecule has 0 radical (unpaired) electrons. The lowest BCUT2D eigenvalue weighted by molar-refractivity contribution is 0.0998. The van der Waals surface area contributed by atoms with Gasteiger partial charge in [0.1, 0.15) is 0 Å². The van der Waals surface area contributed by atoms with E-state index in [1.54, 1.807) is 11.3 Å². The molecule has 5 aromatic rings. The van der Waals surface area contributed by atoms with Gasteiger partial charge in [-0.1, -0.05) is 47.2 Å². The van der Waals surface area contributed by atoms with Crippen LogP contribution in [0.5, 0.6) is 0 Å². The molecule has 5 nitrogen and oxygen atoms in total. The maximum Gasteiger partial charge on any atom is 0.280 e. The molecule has 3 heterocycles. The number of pyridine rings is 1. The number of carbonyl (C=O) groups excluding carboxylic acids is 1. The molecule has 2 aromatic carbocycles. The number of amides is 1. The van der Waals surface area contributed by atoms with E-state index in [9.17, 15) is 4.79 Å². The van der Waals surface area contributed by atoms with Gasteiger partial charge in [-0.2, -0.15) is 4.99 Å². The van der Waals surface area contributed by atoms with E-state index >= 15 is 0 Å². The van der Waals surface area contributed by atoms with E-state index in [0.29, 0.717) is 35.1 Å². The molecule has 33 heavy (non-hydrogen) atoms. The highest BCUT2D eigenvalue weighted by atomic mass is 35.5. The number of thiazole rings is 1. The normalized spacial score (nSPS) is 12.1. The number of hydrogen-bond donors (Lipinski definition) is 0. The van der Waals surface area contributed by atoms with E-state index in [0.717, 1.165) is 31.7 Å². The fourth-order valence-corrected chi connectivity index (χ4v) is 5.72. The van der Waals surface area contributed by atoms with Crippen LogP contribution in [0, 0.1) is 0 Å². The summed E-state index contributed by atoms with van der Waals surface area (Å²) in [6.45, 7) is 3.73. The van der Waals surface area contributed by atoms with E-state index < -0.39 is 0 Å². The van der Waals surface area contributed by atoms with E-state index in [4.69, 9.17) is 21.3 Å². The molecular weight excluding hydrogens is 474 g/mol. The summed E-state index contributed by atoms with van der Waals surface area (Å²) < 4.78 is 8.56. The van der Waals surface area contributed by atoms with Crippen molar-refractivity contribution in [3.05, 3.63) is 81.4 Å². The number of hydrogen-bond acceptors (Lipinski definition) is 5. The number of benzene rings is 2. The summed E-state index contributed by atoms with van der Waals surface area (Å²) in [4.78, 5) is 24.5. The lowest BCUT2D eigenvalue weighted by atomic mass is 10.1. The Bertz CT molecular complexity index is 1520. The van der Waals surface area contributed by atoms with Crippen molar-refractivity contribution in [2.24, 2.45) is 4.99 Å². The van der Waals surface area contributed by atoms with Gasteiger partial charge in [0.05, 0.1) is 38.5 Å². The quantitative estimate of drug-likeness (QED) is 0.257. The standard InChI is InChI=1S/C25H20ClN3O2S2/c1-2-31-12-11-29-21-10-9-16(26)14-23(21)33-25(29)28-24(30)18-15-20(22-8-5-13-32-22)27-19-7-4-3-6-17(18)19/h3-10,13-15H,2,11-12H2,1H3. The number of fused-ring (bicyclic) bond motifs is 2. The van der Waals surface area contributed by atoms with Crippen LogP contribution in [0.4, 0.5) is 0 Å². The number of thiophene rings is 1. The van der Waals surface area contributed by atoms with Crippen molar-refractivity contribution in [1.82, 2.24) is 9.55 Å². The molecule has 0 spiro atoms. The number of nitrogens with zero attached hydrogens (tertiary/aromatic N) is 3. The van der Waals surface area contributed by atoms with Gasteiger partial charge in [-0.05, 0) is 48.7 Å². The Morgan fingerprint density at radius 3 is 2.85 bits per heavy atom. The van der Waals surface area contributed by atoms with Crippen LogP contribution in [0.3, 0.4) is 0 Å². The average molecular weight is 494 g/mol. The van der Waals surface area contributed by atoms with Gasteiger partial charge in [0.25, 0.3) is 5.91 Å². The average Bonchev–Trinajstić information content (AvgIpc) is 3.47. The Morgan fingerprint density at radius 1 is 1.15 bits per heavy atom. The SMILES string of the molecule is CCOCCn1c(=NC(=O)c2cc(-c3cccs3)nc3ccccc23)sc2cc(Cl)ccc21. The van der Waals surface area contributed by atoms with Crippen LogP contribution in [-0.2, 0) is 11.3 Å². The van der Waals surface area contributed by atoms with Crippen molar-refractivity contribution in [1.29, 1.82) is 0 Å². The second-order valence-electron chi connectivity index (χ2n) is 7.31. The molecular formula is C25H20ClN3O2S2. The lowest BCUT2D eigenvalue weighted by Crippen LogP contribution is -2.20. The maximum atomic E-state index is 13.5. The van der Waals surface area contributed by atoms with Crippen LogP contribution < -0.4 is 4.80 Å². The van der Waals surface area contributed by atoms with Gasteiger partial charge in [-0.25, -0.2) is 4.98 Å². The van der Waals surface area contributed by atoms with Crippen molar-refractivity contribution in [3.8, 4) is 10.6 Å². The van der Waals surface area contributed by atoms with Crippen LogP contribution in [0.1, 0.15) is 17.3 Å². The van der Waals surface area contributed by atoms with Gasteiger partial charge in [0.2, 0.25) is 0 Å². The Labute approximate surface area is 203 Å². The summed E-state index contributed by atoms with van der Waals surface area (Å²) in [7, 11) is 0. The van der Waals surface area contributed by atoms with Gasteiger partial charge in [-0.3, -0.25) is 4.79 Å². The lowest BCUT2D eigenvalue weighted by Gasteiger charge is -2.07. The zero-order valence-electron chi connectivity index (χ0n) is 17.8. The van der Waals surface area contributed by atoms with Crippen LogP contribution in [0.2, 0.25) is 5.02 Å². The fourth-order valence-electron chi connectivity index (χ4n) is 3.70. The molecule has 1 amide bonds. The third kappa shape index (κ3) is 4.50. The Balaban J connectivity index is 1.66. The summed E-state index contributed by atoms with van der Waals surface area (Å²) in [5, 5.41) is 3.44. The van der Waals surface area contributed by atoms with E-state index in [1.807, 2.05) is 77.5 Å². The molecule has 0 bridgehead atoms. The summed E-state index contributed by atoms with van der Waals surface area (Å²) in [6, 6.07) is 19.2. The van der Waals surface area contributed by atoms with Crippen LogP contribution in [0.15, 0.2) is 71.0 Å². The molecule has 5 rings (SSSR count). The second-order valence-corrected chi connectivity index (χ2v) is 9.70. The second kappa shape index (κ2) is 9.57. The van der Waals surface area contributed by atoms with Crippen LogP contribution in [-0.4, -0.2) is 28.7 Å². The van der Waals surface area contributed by atoms with Gasteiger partial charge in [0.15, 0.2) is 4.80 Å². The highest BCUT2D eigenvalue weighted by Gasteiger charge is 2.15. The largest absolute Gasteiger partial charge is 0.380 e. The van der Waals surface area contributed by atoms with Crippen molar-refractivity contribution in [2.45, 2.75) is 13.5 Å². The minimum absolute atomic E-state index is 0.297. The van der Waals surface area contributed by atoms with Crippen molar-refractivity contribution in [2.75, 3.05) is 13.2 Å². The maximum absolute atomic E-state index is 13.5. The topological polar surface area (TPSA) is 56.5 Å². The number of para-hydroxylation sites is 1. The minimum Gasteiger partial charge on any atom is -0.380 e. The van der Waals surface area contributed by atoms with E-state index in [-0.39, 0.29) is 5.91 Å². The molecule has 166 valence electrons. The number of carbonyl (C=O) groups is 1. The van der Waals surface area contributed by atoms with Gasteiger partial charge < -0.3 is 9.30 Å². The Kier molecular flexibility index (Phi) is 6.37. The molecule has 0 fully saturated rings. The molecule has 0 aliphatic rings. The molecule has 0 N–H and O–H groups in total. The zero-order valence-corrected chi connectivity index (χ0v) is 20.2. The molecule has 0 unspecified atom stereocenters. The van der Waals surface area contributed by atoms with Crippen molar-refractivity contribution < 1.29 is 9.53 Å². The van der Waals surface area contributed by atoms with Gasteiger partial charge in [0, 0.05) is 23.6 Å². The number of ether oxygens (including phenoxy) is 1. The van der Waals surface area contributed by atoms with Gasteiger partial charge in [-0.15, -0.1) is 11.3 Å². The first-order valence-electron chi connectivity index (χ1n) is 10.5. The molecule has 0 atom stereocenters. The summed E-state index contributed by atoms with van der Waals surface area (Å²) in [6.07, 6.45) is 0. The van der Waals surface area contributed by atoms with Crippen molar-refractivity contribution in [3.63, 3.8) is 0 Å². The molecule has 0 saturated heterocycles. The van der Waals surface area contributed by atoms with E-state index in [1.165, 1.54) is 11.3 Å². The minimum atomic E-state index is -0.297. The predicted octanol–water partition coefficient (Wildman–Crippen LogP) is 6.41. The monoisotopic (exact) mass is 493 g/mol. The highest BCUT2D eigenvalue weighted by molar-refractivity contribution is 7.16. The van der Waals surface area contributed by atoms with Gasteiger partial charge >= 0.3 is 0 Å². The number of halogens is 1. The zero-order chi connectivity index (χ0) is 22.8. The molecule has 0 aliphatic carbocycles. The number of rotatable bonds is 6. The first-order chi connectivity index (χ1) is 16.1. The third-order valence-corrected chi connectivity index (χ3v) is 7.39. The summed E-state index contributed by atoms with van der Waals surface area (Å²) in [5.41, 5.74) is 3.06. The Morgan fingerprint density at radius 2 is 2.03 bits per heavy atom. The molecule has 0 aliphatic heterocycles. The summed E-state index contributed by atoms with van der Waals surface area (Å²) in [5.74, 6) is -0.297. The first-order valence-corrected chi connectivity index (χ1v) is 12.6. The smallest absolute Gasteiger partial charge is 0.280 e. The predicted molar refractivity (Wildman–Crippen MR) is 136 cm³/mol. The molecule has 8 heteroatoms. The summed E-state index contributed by atoms with van der Waals surface area (Å²) >= 11 is 9.25.